The number of carbonyl (C=O) groups excluding carboxylic acids is 1. The molecule has 3 N–H and O–H groups in total. The van der Waals surface area contributed by atoms with Crippen molar-refractivity contribution in [2.75, 3.05) is 7.11 Å². The zero-order valence-electron chi connectivity index (χ0n) is 20.6. The number of fused-ring (bicyclic) bond motifs is 2. The van der Waals surface area contributed by atoms with E-state index in [2.05, 4.69) is 0 Å². The smallest absolute Gasteiger partial charge is 0.339 e. The molecule has 10 nitrogen and oxygen atoms in total. The molecule has 0 unspecified atom stereocenters. The average Bonchev–Trinajstić information content (AvgIpc) is 2.91. The number of hydrogen-bond donors (Lipinski definition) is 3. The van der Waals surface area contributed by atoms with Crippen LogP contribution in [0, 0.1) is 6.92 Å². The topological polar surface area (TPSA) is 145 Å². The minimum absolute atomic E-state index is 0.359. The van der Waals surface area contributed by atoms with E-state index in [1.807, 2.05) is 0 Å². The second-order valence-electron chi connectivity index (χ2n) is 9.03. The second-order valence-corrected chi connectivity index (χ2v) is 9.03. The summed E-state index contributed by atoms with van der Waals surface area (Å²) in [5.74, 6) is -2.09. The Kier molecular flexibility index (Phi) is 7.45. The number of hydrogen-bond acceptors (Lipinski definition) is 10. The minimum atomic E-state index is -2.23. The SMILES string of the molecule is COc1cc(=O)oc(/C=C/C=C/C=C/[C@H]2O[C@]3(C)[C@H](OC(C)=O)[C@@](C)(O[C@]3(O)[C@@H](C)O)[C@H]2O)c1C. The summed E-state index contributed by atoms with van der Waals surface area (Å²) >= 11 is 0. The van der Waals surface area contributed by atoms with E-state index in [1.165, 1.54) is 40.9 Å². The van der Waals surface area contributed by atoms with Gasteiger partial charge in [0.25, 0.3) is 0 Å². The summed E-state index contributed by atoms with van der Waals surface area (Å²) in [5, 5.41) is 32.4. The highest BCUT2D eigenvalue weighted by molar-refractivity contribution is 5.66. The maximum Gasteiger partial charge on any atom is 0.339 e. The molecule has 2 aliphatic rings. The first-order chi connectivity index (χ1) is 16.3. The molecule has 2 fully saturated rings. The van der Waals surface area contributed by atoms with Crippen LogP contribution in [0.1, 0.15) is 39.0 Å². The summed E-state index contributed by atoms with van der Waals surface area (Å²) in [6.07, 6.45) is 4.91. The van der Waals surface area contributed by atoms with Gasteiger partial charge in [-0.15, -0.1) is 0 Å². The van der Waals surface area contributed by atoms with Gasteiger partial charge in [-0.05, 0) is 33.8 Å². The second kappa shape index (κ2) is 9.71. The lowest BCUT2D eigenvalue weighted by Crippen LogP contribution is -2.68. The van der Waals surface area contributed by atoms with Crippen LogP contribution >= 0.6 is 0 Å². The van der Waals surface area contributed by atoms with Gasteiger partial charge in [0.05, 0.1) is 13.2 Å². The van der Waals surface area contributed by atoms with Crippen molar-refractivity contribution in [1.29, 1.82) is 0 Å². The summed E-state index contributed by atoms with van der Waals surface area (Å²) in [5.41, 5.74) is -3.07. The molecule has 10 heteroatoms. The van der Waals surface area contributed by atoms with Crippen LogP contribution in [0.3, 0.4) is 0 Å². The normalized spacial score (nSPS) is 35.7. The van der Waals surface area contributed by atoms with Crippen LogP contribution in [-0.4, -0.2) is 69.8 Å². The number of carbonyl (C=O) groups is 1. The van der Waals surface area contributed by atoms with Gasteiger partial charge in [0.1, 0.15) is 35.4 Å². The van der Waals surface area contributed by atoms with Gasteiger partial charge in [0, 0.05) is 12.5 Å². The molecule has 1 aromatic rings. The van der Waals surface area contributed by atoms with Crippen LogP contribution in [-0.2, 0) is 19.0 Å². The highest BCUT2D eigenvalue weighted by Crippen LogP contribution is 2.55. The van der Waals surface area contributed by atoms with Crippen LogP contribution < -0.4 is 10.4 Å². The summed E-state index contributed by atoms with van der Waals surface area (Å²) in [6, 6.07) is 1.27. The lowest BCUT2D eigenvalue weighted by atomic mass is 9.76. The van der Waals surface area contributed by atoms with Crippen molar-refractivity contribution in [1.82, 2.24) is 0 Å². The third-order valence-corrected chi connectivity index (χ3v) is 6.54. The van der Waals surface area contributed by atoms with Gasteiger partial charge in [-0.2, -0.15) is 0 Å². The Morgan fingerprint density at radius 2 is 1.89 bits per heavy atom. The molecule has 2 saturated heterocycles. The fourth-order valence-electron chi connectivity index (χ4n) is 4.67. The first-order valence-corrected chi connectivity index (χ1v) is 11.1. The Bertz CT molecular complexity index is 1100. The lowest BCUT2D eigenvalue weighted by molar-refractivity contribution is -0.309. The largest absolute Gasteiger partial charge is 0.496 e. The predicted octanol–water partition coefficient (Wildman–Crippen LogP) is 1.39. The van der Waals surface area contributed by atoms with E-state index >= 15 is 0 Å². The van der Waals surface area contributed by atoms with Crippen molar-refractivity contribution < 1.29 is 43.5 Å². The number of allylic oxidation sites excluding steroid dienone is 4. The molecule has 0 aliphatic carbocycles. The molecule has 3 heterocycles. The molecule has 0 spiro atoms. The first kappa shape index (κ1) is 26.8. The van der Waals surface area contributed by atoms with Gasteiger partial charge < -0.3 is 38.7 Å². The lowest BCUT2D eigenvalue weighted by Gasteiger charge is -2.47. The van der Waals surface area contributed by atoms with Gasteiger partial charge in [0.2, 0.25) is 5.79 Å². The molecule has 1 aromatic heterocycles. The van der Waals surface area contributed by atoms with E-state index in [4.69, 9.17) is 23.4 Å². The number of aliphatic hydroxyl groups excluding tert-OH is 2. The van der Waals surface area contributed by atoms with Crippen LogP contribution in [0.25, 0.3) is 6.08 Å². The standard InChI is InChI=1S/C25H32O10/c1-14-17(33-20(28)13-19(14)31-6)11-9-7-8-10-12-18-21(29)23(4)22(32-16(3)27)24(5,34-18)25(30,35-23)15(2)26/h7-13,15,18,21-22,26,29-30H,1-6H3/b8-7+,11-9+,12-10+/t15-,18-,21+,22-,23+,24-,25-/m1/s1. The van der Waals surface area contributed by atoms with E-state index < -0.39 is 53.0 Å². The zero-order chi connectivity index (χ0) is 26.2. The van der Waals surface area contributed by atoms with Crippen molar-refractivity contribution in [3.05, 3.63) is 58.2 Å². The molecule has 3 rings (SSSR count). The fourth-order valence-corrected chi connectivity index (χ4v) is 4.67. The quantitative estimate of drug-likeness (QED) is 0.377. The van der Waals surface area contributed by atoms with Crippen LogP contribution in [0.4, 0.5) is 0 Å². The number of esters is 1. The first-order valence-electron chi connectivity index (χ1n) is 11.1. The van der Waals surface area contributed by atoms with Crippen molar-refractivity contribution >= 4 is 12.0 Å². The Labute approximate surface area is 203 Å². The highest BCUT2D eigenvalue weighted by Gasteiger charge is 2.77. The van der Waals surface area contributed by atoms with Crippen LogP contribution in [0.15, 0.2) is 45.7 Å². The molecule has 0 radical (unpaired) electrons. The molecular weight excluding hydrogens is 460 g/mol. The number of rotatable bonds is 7. The maximum absolute atomic E-state index is 11.7. The molecule has 0 amide bonds. The minimum Gasteiger partial charge on any atom is -0.496 e. The number of aliphatic hydroxyl groups is 3. The van der Waals surface area contributed by atoms with Gasteiger partial charge in [-0.1, -0.05) is 30.4 Å². The Morgan fingerprint density at radius 1 is 1.23 bits per heavy atom. The van der Waals surface area contributed by atoms with E-state index in [0.717, 1.165) is 0 Å². The monoisotopic (exact) mass is 492 g/mol. The number of methoxy groups -OCH3 is 1. The van der Waals surface area contributed by atoms with Crippen molar-refractivity contribution in [3.63, 3.8) is 0 Å². The van der Waals surface area contributed by atoms with E-state index in [-0.39, 0.29) is 0 Å². The molecule has 0 aromatic carbocycles. The van der Waals surface area contributed by atoms with E-state index in [9.17, 15) is 24.9 Å². The molecule has 2 aliphatic heterocycles. The van der Waals surface area contributed by atoms with Crippen molar-refractivity contribution in [3.8, 4) is 5.75 Å². The molecule has 7 atom stereocenters. The van der Waals surface area contributed by atoms with E-state index in [0.29, 0.717) is 17.1 Å². The summed E-state index contributed by atoms with van der Waals surface area (Å²) < 4.78 is 27.5. The van der Waals surface area contributed by atoms with Gasteiger partial charge in [-0.25, -0.2) is 4.79 Å². The summed E-state index contributed by atoms with van der Waals surface area (Å²) in [4.78, 5) is 23.3. The summed E-state index contributed by atoms with van der Waals surface area (Å²) in [6.45, 7) is 7.25. The average molecular weight is 493 g/mol. The predicted molar refractivity (Wildman–Crippen MR) is 125 cm³/mol. The Morgan fingerprint density at radius 3 is 2.49 bits per heavy atom. The number of ether oxygens (including phenoxy) is 4. The van der Waals surface area contributed by atoms with Gasteiger partial charge in [-0.3, -0.25) is 4.79 Å². The third-order valence-electron chi connectivity index (χ3n) is 6.54. The van der Waals surface area contributed by atoms with E-state index in [1.54, 1.807) is 43.4 Å². The maximum atomic E-state index is 11.7. The van der Waals surface area contributed by atoms with Crippen LogP contribution in [0.2, 0.25) is 0 Å². The zero-order valence-corrected chi connectivity index (χ0v) is 20.6. The molecular formula is C25H32O10. The summed E-state index contributed by atoms with van der Waals surface area (Å²) in [7, 11) is 1.47. The van der Waals surface area contributed by atoms with Gasteiger partial charge in [0.15, 0.2) is 11.7 Å². The Hall–Kier alpha value is -2.76. The molecule has 2 bridgehead atoms. The third kappa shape index (κ3) is 4.60. The Balaban J connectivity index is 1.80. The van der Waals surface area contributed by atoms with Gasteiger partial charge >= 0.3 is 11.6 Å². The fraction of sp³-hybridized carbons (Fsp3) is 0.520. The molecule has 35 heavy (non-hydrogen) atoms. The van der Waals surface area contributed by atoms with Crippen LogP contribution in [0.5, 0.6) is 5.75 Å². The molecule has 0 saturated carbocycles. The molecule has 192 valence electrons. The van der Waals surface area contributed by atoms with Crippen molar-refractivity contribution in [2.45, 2.75) is 76.0 Å². The van der Waals surface area contributed by atoms with Crippen molar-refractivity contribution in [2.24, 2.45) is 0 Å². The highest BCUT2D eigenvalue weighted by atomic mass is 16.7.